The van der Waals surface area contributed by atoms with Crippen molar-refractivity contribution in [2.45, 2.75) is 37.9 Å². The lowest BCUT2D eigenvalue weighted by Crippen LogP contribution is -2.37. The van der Waals surface area contributed by atoms with Crippen molar-refractivity contribution < 1.29 is 0 Å². The van der Waals surface area contributed by atoms with Crippen LogP contribution in [0.2, 0.25) is 0 Å². The van der Waals surface area contributed by atoms with E-state index in [9.17, 15) is 4.79 Å². The lowest BCUT2D eigenvalue weighted by atomic mass is 10.1. The number of nitrogens with zero attached hydrogens (tertiary/aromatic N) is 2. The maximum Gasteiger partial charge on any atom is 0.307 e. The van der Waals surface area contributed by atoms with Crippen molar-refractivity contribution in [3.05, 3.63) is 33.4 Å². The molecule has 1 N–H and O–H groups in total. The van der Waals surface area contributed by atoms with Gasteiger partial charge < -0.3 is 9.88 Å². The Balaban J connectivity index is 0.00000144. The standard InChI is InChI=1S/C16H21N3OS.ClH/c1-18-14-5-2-11(8-15(14)21-16(18)20)10-19-12-3-4-13(19)9-17-7-6-12;/h2,5,8,12-13,17H,3-4,6-7,9-10H2,1H3;1H. The van der Waals surface area contributed by atoms with Gasteiger partial charge in [-0.2, -0.15) is 0 Å². The molecule has 0 amide bonds. The van der Waals surface area contributed by atoms with Gasteiger partial charge in [-0.3, -0.25) is 9.69 Å². The van der Waals surface area contributed by atoms with Crippen LogP contribution < -0.4 is 10.2 Å². The zero-order valence-corrected chi connectivity index (χ0v) is 14.4. The molecule has 1 aromatic heterocycles. The fourth-order valence-electron chi connectivity index (χ4n) is 3.83. The van der Waals surface area contributed by atoms with Crippen molar-refractivity contribution in [3.8, 4) is 0 Å². The molecule has 0 aliphatic carbocycles. The van der Waals surface area contributed by atoms with E-state index in [1.54, 1.807) is 4.57 Å². The summed E-state index contributed by atoms with van der Waals surface area (Å²) in [6.45, 7) is 3.29. The third-order valence-corrected chi connectivity index (χ3v) is 6.02. The lowest BCUT2D eigenvalue weighted by molar-refractivity contribution is 0.193. The average Bonchev–Trinajstić information content (AvgIpc) is 2.87. The fourth-order valence-corrected chi connectivity index (χ4v) is 4.77. The molecule has 4 nitrogen and oxygen atoms in total. The van der Waals surface area contributed by atoms with Crippen LogP contribution >= 0.6 is 23.7 Å². The van der Waals surface area contributed by atoms with Gasteiger partial charge in [-0.05, 0) is 43.5 Å². The Morgan fingerprint density at radius 3 is 2.95 bits per heavy atom. The van der Waals surface area contributed by atoms with Gasteiger partial charge in [0.2, 0.25) is 0 Å². The van der Waals surface area contributed by atoms with Crippen LogP contribution in [0, 0.1) is 0 Å². The van der Waals surface area contributed by atoms with E-state index in [0.717, 1.165) is 35.9 Å². The number of aromatic nitrogens is 1. The first-order chi connectivity index (χ1) is 10.2. The molecular formula is C16H22ClN3OS. The van der Waals surface area contributed by atoms with E-state index in [-0.39, 0.29) is 17.3 Å². The molecule has 1 aromatic carbocycles. The molecule has 0 spiro atoms. The van der Waals surface area contributed by atoms with Crippen LogP contribution in [0.15, 0.2) is 23.0 Å². The number of hydrogen-bond acceptors (Lipinski definition) is 4. The summed E-state index contributed by atoms with van der Waals surface area (Å²) in [6, 6.07) is 7.91. The van der Waals surface area contributed by atoms with Crippen molar-refractivity contribution in [2.75, 3.05) is 13.1 Å². The second-order valence-electron chi connectivity index (χ2n) is 6.28. The number of nitrogens with one attached hydrogen (secondary N) is 1. The van der Waals surface area contributed by atoms with E-state index in [1.807, 2.05) is 7.05 Å². The molecule has 2 fully saturated rings. The molecule has 3 heterocycles. The summed E-state index contributed by atoms with van der Waals surface area (Å²) in [6.07, 6.45) is 3.92. The minimum absolute atomic E-state index is 0. The van der Waals surface area contributed by atoms with Gasteiger partial charge in [0.25, 0.3) is 0 Å². The molecule has 0 saturated carbocycles. The number of halogens is 1. The summed E-state index contributed by atoms with van der Waals surface area (Å²) < 4.78 is 2.85. The number of fused-ring (bicyclic) bond motifs is 3. The number of thiazole rings is 1. The van der Waals surface area contributed by atoms with E-state index in [4.69, 9.17) is 0 Å². The number of rotatable bonds is 2. The summed E-state index contributed by atoms with van der Waals surface area (Å²) in [5, 5.41) is 3.55. The smallest absolute Gasteiger partial charge is 0.307 e. The zero-order chi connectivity index (χ0) is 14.4. The topological polar surface area (TPSA) is 37.3 Å². The Bertz CT molecular complexity index is 712. The molecule has 2 aliphatic heterocycles. The average molecular weight is 340 g/mol. The monoisotopic (exact) mass is 339 g/mol. The summed E-state index contributed by atoms with van der Waals surface area (Å²) >= 11 is 1.35. The molecule has 2 unspecified atom stereocenters. The van der Waals surface area contributed by atoms with Crippen molar-refractivity contribution in [2.24, 2.45) is 7.05 Å². The predicted octanol–water partition coefficient (Wildman–Crippen LogP) is 2.35. The van der Waals surface area contributed by atoms with Crippen molar-refractivity contribution >= 4 is 34.0 Å². The van der Waals surface area contributed by atoms with Crippen molar-refractivity contribution in [3.63, 3.8) is 0 Å². The predicted molar refractivity (Wildman–Crippen MR) is 94.2 cm³/mol. The molecule has 120 valence electrons. The third kappa shape index (κ3) is 2.71. The first kappa shape index (κ1) is 16.0. The van der Waals surface area contributed by atoms with Gasteiger partial charge in [-0.25, -0.2) is 0 Å². The van der Waals surface area contributed by atoms with Gasteiger partial charge in [0.1, 0.15) is 0 Å². The van der Waals surface area contributed by atoms with Gasteiger partial charge in [-0.1, -0.05) is 17.4 Å². The molecular weight excluding hydrogens is 318 g/mol. The first-order valence-corrected chi connectivity index (χ1v) is 8.59. The molecule has 0 radical (unpaired) electrons. The van der Waals surface area contributed by atoms with E-state index in [0.29, 0.717) is 6.04 Å². The molecule has 2 atom stereocenters. The van der Waals surface area contributed by atoms with E-state index in [2.05, 4.69) is 28.4 Å². The van der Waals surface area contributed by atoms with E-state index in [1.165, 1.54) is 36.2 Å². The highest BCUT2D eigenvalue weighted by molar-refractivity contribution is 7.16. The first-order valence-electron chi connectivity index (χ1n) is 7.77. The van der Waals surface area contributed by atoms with Gasteiger partial charge in [0.15, 0.2) is 0 Å². The SMILES string of the molecule is Cl.Cn1c(=O)sc2cc(CN3C4CCNCC3CC4)ccc21. The van der Waals surface area contributed by atoms with Gasteiger partial charge in [0.05, 0.1) is 10.2 Å². The fraction of sp³-hybridized carbons (Fsp3) is 0.562. The molecule has 2 aromatic rings. The zero-order valence-electron chi connectivity index (χ0n) is 12.7. The van der Waals surface area contributed by atoms with Gasteiger partial charge in [-0.15, -0.1) is 12.4 Å². The number of benzene rings is 1. The number of aryl methyl sites for hydroxylation is 1. The Kier molecular flexibility index (Phi) is 4.59. The molecule has 2 bridgehead atoms. The highest BCUT2D eigenvalue weighted by Crippen LogP contribution is 2.30. The second kappa shape index (κ2) is 6.32. The molecule has 2 saturated heterocycles. The Hall–Kier alpha value is -0.880. The second-order valence-corrected chi connectivity index (χ2v) is 7.27. The Morgan fingerprint density at radius 2 is 2.09 bits per heavy atom. The highest BCUT2D eigenvalue weighted by Gasteiger charge is 2.34. The van der Waals surface area contributed by atoms with Crippen LogP contribution in [0.5, 0.6) is 0 Å². The largest absolute Gasteiger partial charge is 0.315 e. The molecule has 22 heavy (non-hydrogen) atoms. The minimum Gasteiger partial charge on any atom is -0.315 e. The van der Waals surface area contributed by atoms with Crippen LogP contribution in [0.4, 0.5) is 0 Å². The maximum atomic E-state index is 11.8. The van der Waals surface area contributed by atoms with Crippen molar-refractivity contribution in [1.29, 1.82) is 0 Å². The lowest BCUT2D eigenvalue weighted by Gasteiger charge is -2.27. The molecule has 6 heteroatoms. The summed E-state index contributed by atoms with van der Waals surface area (Å²) in [5.74, 6) is 0. The quantitative estimate of drug-likeness (QED) is 0.912. The third-order valence-electron chi connectivity index (χ3n) is 5.03. The van der Waals surface area contributed by atoms with Crippen LogP contribution in [0.3, 0.4) is 0 Å². The molecule has 4 rings (SSSR count). The summed E-state index contributed by atoms with van der Waals surface area (Å²) in [5.41, 5.74) is 2.39. The number of hydrogen-bond donors (Lipinski definition) is 1. The van der Waals surface area contributed by atoms with Gasteiger partial charge in [0, 0.05) is 32.2 Å². The highest BCUT2D eigenvalue weighted by atomic mass is 35.5. The Morgan fingerprint density at radius 1 is 1.27 bits per heavy atom. The van der Waals surface area contributed by atoms with Gasteiger partial charge >= 0.3 is 4.87 Å². The van der Waals surface area contributed by atoms with Crippen LogP contribution in [-0.4, -0.2) is 34.6 Å². The van der Waals surface area contributed by atoms with Crippen molar-refractivity contribution in [1.82, 2.24) is 14.8 Å². The molecule has 2 aliphatic rings. The van der Waals surface area contributed by atoms with Crippen LogP contribution in [0.1, 0.15) is 24.8 Å². The van der Waals surface area contributed by atoms with E-state index >= 15 is 0 Å². The van der Waals surface area contributed by atoms with Crippen LogP contribution in [-0.2, 0) is 13.6 Å². The van der Waals surface area contributed by atoms with Crippen LogP contribution in [0.25, 0.3) is 10.2 Å². The summed E-state index contributed by atoms with van der Waals surface area (Å²) in [7, 11) is 1.85. The maximum absolute atomic E-state index is 11.8. The normalized spacial score (nSPS) is 25.1. The Labute approximate surface area is 140 Å². The minimum atomic E-state index is 0. The summed E-state index contributed by atoms with van der Waals surface area (Å²) in [4.78, 5) is 14.6. The van der Waals surface area contributed by atoms with E-state index < -0.39 is 0 Å².